The Morgan fingerprint density at radius 2 is 2.23 bits per heavy atom. The minimum Gasteiger partial charge on any atom is -0.493 e. The SMILES string of the molecule is COc1cccc(C2(N=C=O)CCC2)c1OC1CCCOC1. The zero-order valence-electron chi connectivity index (χ0n) is 12.8. The van der Waals surface area contributed by atoms with Crippen molar-refractivity contribution in [1.82, 2.24) is 0 Å². The second kappa shape index (κ2) is 6.51. The van der Waals surface area contributed by atoms with Crippen LogP contribution in [-0.4, -0.2) is 32.5 Å². The molecule has 5 heteroatoms. The van der Waals surface area contributed by atoms with E-state index in [2.05, 4.69) is 4.99 Å². The van der Waals surface area contributed by atoms with E-state index in [1.165, 1.54) is 0 Å². The van der Waals surface area contributed by atoms with Gasteiger partial charge in [0.15, 0.2) is 11.5 Å². The van der Waals surface area contributed by atoms with Crippen molar-refractivity contribution in [2.75, 3.05) is 20.3 Å². The highest BCUT2D eigenvalue weighted by molar-refractivity contribution is 5.52. The van der Waals surface area contributed by atoms with E-state index in [1.54, 1.807) is 13.2 Å². The van der Waals surface area contributed by atoms with Gasteiger partial charge in [0.2, 0.25) is 6.08 Å². The van der Waals surface area contributed by atoms with Crippen molar-refractivity contribution in [3.63, 3.8) is 0 Å². The third-order valence-corrected chi connectivity index (χ3v) is 4.54. The Balaban J connectivity index is 1.96. The van der Waals surface area contributed by atoms with Crippen LogP contribution in [0.5, 0.6) is 11.5 Å². The first-order chi connectivity index (χ1) is 10.8. The number of aliphatic imine (C=N–C) groups is 1. The first-order valence-electron chi connectivity index (χ1n) is 7.80. The maximum Gasteiger partial charge on any atom is 0.235 e. The van der Waals surface area contributed by atoms with E-state index in [1.807, 2.05) is 18.2 Å². The summed E-state index contributed by atoms with van der Waals surface area (Å²) in [7, 11) is 1.62. The fourth-order valence-electron chi connectivity index (χ4n) is 3.18. The van der Waals surface area contributed by atoms with Gasteiger partial charge in [0.05, 0.1) is 13.7 Å². The van der Waals surface area contributed by atoms with E-state index in [0.717, 1.165) is 44.3 Å². The number of ether oxygens (including phenoxy) is 3. The average molecular weight is 303 g/mol. The van der Waals surface area contributed by atoms with Crippen LogP contribution in [0.4, 0.5) is 0 Å². The van der Waals surface area contributed by atoms with Gasteiger partial charge in [0.25, 0.3) is 0 Å². The van der Waals surface area contributed by atoms with Crippen molar-refractivity contribution < 1.29 is 19.0 Å². The summed E-state index contributed by atoms with van der Waals surface area (Å²) in [6.07, 6.45) is 6.43. The first-order valence-corrected chi connectivity index (χ1v) is 7.80. The van der Waals surface area contributed by atoms with Gasteiger partial charge in [-0.05, 0) is 38.2 Å². The van der Waals surface area contributed by atoms with Crippen molar-refractivity contribution in [2.45, 2.75) is 43.7 Å². The van der Waals surface area contributed by atoms with Crippen molar-refractivity contribution in [3.8, 4) is 11.5 Å². The Labute approximate surface area is 130 Å². The number of benzene rings is 1. The molecule has 3 rings (SSSR count). The lowest BCUT2D eigenvalue weighted by molar-refractivity contribution is 0.00509. The number of carbonyl (C=O) groups excluding carboxylic acids is 1. The average Bonchev–Trinajstić information content (AvgIpc) is 2.52. The number of nitrogens with zero attached hydrogens (tertiary/aromatic N) is 1. The molecule has 22 heavy (non-hydrogen) atoms. The molecular formula is C17H21NO4. The summed E-state index contributed by atoms with van der Waals surface area (Å²) in [6.45, 7) is 1.37. The van der Waals surface area contributed by atoms with E-state index >= 15 is 0 Å². The van der Waals surface area contributed by atoms with Crippen LogP contribution < -0.4 is 9.47 Å². The molecule has 118 valence electrons. The Hall–Kier alpha value is -1.84. The summed E-state index contributed by atoms with van der Waals surface area (Å²) >= 11 is 0. The molecule has 5 nitrogen and oxygen atoms in total. The predicted octanol–water partition coefficient (Wildman–Crippen LogP) is 2.97. The molecule has 1 atom stereocenters. The lowest BCUT2D eigenvalue weighted by Gasteiger charge is -2.39. The number of para-hydroxylation sites is 1. The molecule has 1 unspecified atom stereocenters. The number of methoxy groups -OCH3 is 1. The van der Waals surface area contributed by atoms with E-state index < -0.39 is 5.54 Å². The molecule has 0 amide bonds. The molecule has 1 aromatic carbocycles. The quantitative estimate of drug-likeness (QED) is 0.620. The molecule has 1 saturated carbocycles. The normalized spacial score (nSPS) is 23.0. The number of hydrogen-bond acceptors (Lipinski definition) is 5. The molecular weight excluding hydrogens is 282 g/mol. The molecule has 0 aromatic heterocycles. The third-order valence-electron chi connectivity index (χ3n) is 4.54. The van der Waals surface area contributed by atoms with Crippen molar-refractivity contribution >= 4 is 6.08 Å². The van der Waals surface area contributed by atoms with Crippen molar-refractivity contribution in [2.24, 2.45) is 4.99 Å². The largest absolute Gasteiger partial charge is 0.493 e. The molecule has 0 N–H and O–H groups in total. The molecule has 1 aliphatic carbocycles. The summed E-state index contributed by atoms with van der Waals surface area (Å²) < 4.78 is 17.1. The number of isocyanates is 1. The fourth-order valence-corrected chi connectivity index (χ4v) is 3.18. The maximum atomic E-state index is 10.9. The van der Waals surface area contributed by atoms with Crippen LogP contribution in [0.1, 0.15) is 37.7 Å². The summed E-state index contributed by atoms with van der Waals surface area (Å²) in [5.74, 6) is 1.37. The smallest absolute Gasteiger partial charge is 0.235 e. The minimum atomic E-state index is -0.499. The zero-order chi connectivity index (χ0) is 15.4. The fraction of sp³-hybridized carbons (Fsp3) is 0.588. The summed E-state index contributed by atoms with van der Waals surface area (Å²) in [4.78, 5) is 14.9. The highest BCUT2D eigenvalue weighted by atomic mass is 16.5. The predicted molar refractivity (Wildman–Crippen MR) is 81.1 cm³/mol. The van der Waals surface area contributed by atoms with Gasteiger partial charge in [-0.25, -0.2) is 4.79 Å². The molecule has 0 radical (unpaired) electrons. The van der Waals surface area contributed by atoms with Crippen LogP contribution in [0, 0.1) is 0 Å². The second-order valence-corrected chi connectivity index (χ2v) is 5.88. The van der Waals surface area contributed by atoms with E-state index in [9.17, 15) is 4.79 Å². The monoisotopic (exact) mass is 303 g/mol. The molecule has 0 bridgehead atoms. The highest BCUT2D eigenvalue weighted by Gasteiger charge is 2.42. The minimum absolute atomic E-state index is 0.0149. The van der Waals surface area contributed by atoms with Crippen LogP contribution >= 0.6 is 0 Å². The molecule has 1 aromatic rings. The Morgan fingerprint density at radius 3 is 2.82 bits per heavy atom. The third kappa shape index (κ3) is 2.74. The van der Waals surface area contributed by atoms with Gasteiger partial charge in [-0.2, -0.15) is 4.99 Å². The number of hydrogen-bond donors (Lipinski definition) is 0. The van der Waals surface area contributed by atoms with Gasteiger partial charge in [-0.15, -0.1) is 0 Å². The van der Waals surface area contributed by atoms with Gasteiger partial charge in [0, 0.05) is 12.2 Å². The van der Waals surface area contributed by atoms with Crippen LogP contribution in [0.2, 0.25) is 0 Å². The Kier molecular flexibility index (Phi) is 4.46. The molecule has 2 fully saturated rings. The first kappa shape index (κ1) is 15.1. The maximum absolute atomic E-state index is 10.9. The number of rotatable bonds is 5. The van der Waals surface area contributed by atoms with Gasteiger partial charge in [-0.1, -0.05) is 12.1 Å². The molecule has 1 saturated heterocycles. The summed E-state index contributed by atoms with van der Waals surface area (Å²) in [5, 5.41) is 0. The molecule has 0 spiro atoms. The highest BCUT2D eigenvalue weighted by Crippen LogP contribution is 2.50. The van der Waals surface area contributed by atoms with Gasteiger partial charge < -0.3 is 14.2 Å². The van der Waals surface area contributed by atoms with Gasteiger partial charge in [0.1, 0.15) is 11.6 Å². The van der Waals surface area contributed by atoms with E-state index in [4.69, 9.17) is 14.2 Å². The van der Waals surface area contributed by atoms with Gasteiger partial charge >= 0.3 is 0 Å². The summed E-state index contributed by atoms with van der Waals surface area (Å²) in [6, 6.07) is 5.76. The molecule has 1 aliphatic heterocycles. The summed E-state index contributed by atoms with van der Waals surface area (Å²) in [5.41, 5.74) is 0.424. The van der Waals surface area contributed by atoms with Crippen molar-refractivity contribution in [1.29, 1.82) is 0 Å². The second-order valence-electron chi connectivity index (χ2n) is 5.88. The van der Waals surface area contributed by atoms with E-state index in [-0.39, 0.29) is 6.10 Å². The van der Waals surface area contributed by atoms with Crippen molar-refractivity contribution in [3.05, 3.63) is 23.8 Å². The van der Waals surface area contributed by atoms with Gasteiger partial charge in [-0.3, -0.25) is 0 Å². The van der Waals surface area contributed by atoms with Crippen LogP contribution in [-0.2, 0) is 15.1 Å². The zero-order valence-corrected chi connectivity index (χ0v) is 12.8. The van der Waals surface area contributed by atoms with E-state index in [0.29, 0.717) is 18.1 Å². The molecule has 2 aliphatic rings. The Bertz CT molecular complexity index is 570. The topological polar surface area (TPSA) is 57.1 Å². The van der Waals surface area contributed by atoms with Crippen LogP contribution in [0.25, 0.3) is 0 Å². The molecule has 1 heterocycles. The standard InChI is InChI=1S/C17H21NO4/c1-20-15-7-2-6-14(17(18-12-19)8-4-9-17)16(15)22-13-5-3-10-21-11-13/h2,6-7,13H,3-5,8-11H2,1H3. The lowest BCUT2D eigenvalue weighted by atomic mass is 9.72. The van der Waals surface area contributed by atoms with Crippen LogP contribution in [0.3, 0.4) is 0 Å². The Morgan fingerprint density at radius 1 is 1.36 bits per heavy atom. The lowest BCUT2D eigenvalue weighted by Crippen LogP contribution is -2.34. The van der Waals surface area contributed by atoms with Crippen LogP contribution in [0.15, 0.2) is 23.2 Å².